The number of hydrogen-bond donors (Lipinski definition) is 1. The smallest absolute Gasteiger partial charge is 0.276 e. The van der Waals surface area contributed by atoms with Gasteiger partial charge in [-0.25, -0.2) is 8.78 Å². The second kappa shape index (κ2) is 8.06. The van der Waals surface area contributed by atoms with Crippen LogP contribution < -0.4 is 5.32 Å². The molecule has 1 N–H and O–H groups in total. The first kappa shape index (κ1) is 20.3. The fraction of sp³-hybridized carbons (Fsp3) is 0.130. The number of nitrogens with one attached hydrogen (secondary N) is 1. The van der Waals surface area contributed by atoms with Gasteiger partial charge in [-0.1, -0.05) is 6.07 Å². The van der Waals surface area contributed by atoms with Crippen LogP contribution in [0.2, 0.25) is 0 Å². The van der Waals surface area contributed by atoms with Gasteiger partial charge >= 0.3 is 0 Å². The summed E-state index contributed by atoms with van der Waals surface area (Å²) in [6.07, 6.45) is 5.85. The minimum absolute atomic E-state index is 0.188. The van der Waals surface area contributed by atoms with Crippen molar-refractivity contribution in [1.29, 1.82) is 0 Å². The van der Waals surface area contributed by atoms with E-state index in [-0.39, 0.29) is 11.3 Å². The zero-order chi connectivity index (χ0) is 22.0. The van der Waals surface area contributed by atoms with Crippen molar-refractivity contribution >= 4 is 11.6 Å². The van der Waals surface area contributed by atoms with E-state index in [0.29, 0.717) is 5.69 Å². The normalized spacial score (nSPS) is 11.4. The molecule has 1 aromatic carbocycles. The summed E-state index contributed by atoms with van der Waals surface area (Å²) in [6, 6.07) is 12.1. The summed E-state index contributed by atoms with van der Waals surface area (Å²) < 4.78 is 32.2. The first-order valence-electron chi connectivity index (χ1n) is 9.43. The molecule has 0 aliphatic carbocycles. The van der Waals surface area contributed by atoms with Gasteiger partial charge in [0.15, 0.2) is 5.69 Å². The van der Waals surface area contributed by atoms with Crippen molar-refractivity contribution in [2.45, 2.75) is 19.8 Å². The summed E-state index contributed by atoms with van der Waals surface area (Å²) in [4.78, 5) is 16.9. The number of aryl methyl sites for hydroxylation is 1. The Balaban J connectivity index is 1.62. The van der Waals surface area contributed by atoms with Crippen LogP contribution in [0.15, 0.2) is 71.8 Å². The molecule has 0 fully saturated rings. The maximum absolute atomic E-state index is 13.5. The third-order valence-electron chi connectivity index (χ3n) is 4.78. The molecule has 0 saturated heterocycles. The number of benzene rings is 1. The van der Waals surface area contributed by atoms with Gasteiger partial charge in [0, 0.05) is 29.9 Å². The molecule has 0 unspecified atom stereocenters. The van der Waals surface area contributed by atoms with E-state index in [4.69, 9.17) is 4.42 Å². The van der Waals surface area contributed by atoms with Crippen molar-refractivity contribution in [3.63, 3.8) is 0 Å². The number of nitrogens with zero attached hydrogens (tertiary/aromatic N) is 3. The van der Waals surface area contributed by atoms with E-state index >= 15 is 0 Å². The second-order valence-electron chi connectivity index (χ2n) is 7.14. The Hall–Kier alpha value is -3.94. The number of carbonyl (C=O) groups excluding carboxylic acids is 1. The van der Waals surface area contributed by atoms with Crippen LogP contribution in [0.3, 0.4) is 0 Å². The van der Waals surface area contributed by atoms with Crippen molar-refractivity contribution < 1.29 is 18.0 Å². The summed E-state index contributed by atoms with van der Waals surface area (Å²) in [5.74, 6) is -3.74. The van der Waals surface area contributed by atoms with Crippen LogP contribution in [0.1, 0.15) is 28.5 Å². The summed E-state index contributed by atoms with van der Waals surface area (Å²) >= 11 is 0. The molecule has 0 spiro atoms. The number of halogens is 2. The molecule has 0 saturated carbocycles. The fourth-order valence-corrected chi connectivity index (χ4v) is 3.09. The molecular formula is C23H18F2N4O2. The second-order valence-corrected chi connectivity index (χ2v) is 7.14. The van der Waals surface area contributed by atoms with Crippen LogP contribution in [-0.4, -0.2) is 21.1 Å². The molecule has 4 rings (SSSR count). The minimum atomic E-state index is -3.12. The lowest BCUT2D eigenvalue weighted by atomic mass is 9.99. The number of aromatic nitrogens is 3. The van der Waals surface area contributed by atoms with E-state index in [1.54, 1.807) is 24.8 Å². The molecular weight excluding hydrogens is 402 g/mol. The third-order valence-corrected chi connectivity index (χ3v) is 4.78. The average molecular weight is 420 g/mol. The van der Waals surface area contributed by atoms with Crippen LogP contribution >= 0.6 is 0 Å². The molecule has 0 atom stereocenters. The maximum Gasteiger partial charge on any atom is 0.276 e. The van der Waals surface area contributed by atoms with Crippen molar-refractivity contribution in [3.8, 4) is 22.4 Å². The highest BCUT2D eigenvalue weighted by atomic mass is 19.3. The van der Waals surface area contributed by atoms with Crippen LogP contribution in [0.25, 0.3) is 22.4 Å². The van der Waals surface area contributed by atoms with E-state index in [1.165, 1.54) is 0 Å². The van der Waals surface area contributed by atoms with Crippen LogP contribution in [0.5, 0.6) is 0 Å². The van der Waals surface area contributed by atoms with E-state index in [0.717, 1.165) is 47.1 Å². The number of hydrogen-bond acceptors (Lipinski definition) is 5. The highest BCUT2D eigenvalue weighted by molar-refractivity contribution is 6.03. The van der Waals surface area contributed by atoms with Gasteiger partial charge in [0.25, 0.3) is 11.8 Å². The highest BCUT2D eigenvalue weighted by Crippen LogP contribution is 2.30. The zero-order valence-corrected chi connectivity index (χ0v) is 16.8. The predicted molar refractivity (Wildman–Crippen MR) is 112 cm³/mol. The largest absolute Gasteiger partial charge is 0.472 e. The third kappa shape index (κ3) is 4.48. The fourth-order valence-electron chi connectivity index (χ4n) is 3.09. The van der Waals surface area contributed by atoms with E-state index < -0.39 is 11.8 Å². The molecule has 0 aliphatic heterocycles. The minimum Gasteiger partial charge on any atom is -0.472 e. The number of rotatable bonds is 5. The topological polar surface area (TPSA) is 80.9 Å². The zero-order valence-electron chi connectivity index (χ0n) is 16.8. The van der Waals surface area contributed by atoms with Gasteiger partial charge in [-0.3, -0.25) is 9.78 Å². The number of anilines is 1. The van der Waals surface area contributed by atoms with Crippen LogP contribution in [-0.2, 0) is 5.92 Å². The summed E-state index contributed by atoms with van der Waals surface area (Å²) in [6.45, 7) is 2.70. The monoisotopic (exact) mass is 420 g/mol. The van der Waals surface area contributed by atoms with Crippen molar-refractivity contribution in [2.24, 2.45) is 0 Å². The van der Waals surface area contributed by atoms with Gasteiger partial charge in [-0.15, -0.1) is 5.10 Å². The maximum atomic E-state index is 13.5. The van der Waals surface area contributed by atoms with Crippen molar-refractivity contribution in [1.82, 2.24) is 15.2 Å². The van der Waals surface area contributed by atoms with Crippen LogP contribution in [0, 0.1) is 6.92 Å². The Kier molecular flexibility index (Phi) is 5.29. The molecule has 4 aromatic rings. The molecule has 0 radical (unpaired) electrons. The number of carbonyl (C=O) groups is 1. The van der Waals surface area contributed by atoms with Gasteiger partial charge in [0.2, 0.25) is 0 Å². The summed E-state index contributed by atoms with van der Waals surface area (Å²) in [5, 5.41) is 9.90. The van der Waals surface area contributed by atoms with E-state index in [1.807, 2.05) is 37.3 Å². The first-order valence-corrected chi connectivity index (χ1v) is 9.43. The molecule has 0 aliphatic rings. The molecule has 156 valence electrons. The van der Waals surface area contributed by atoms with Gasteiger partial charge in [-0.05, 0) is 60.0 Å². The predicted octanol–water partition coefficient (Wildman–Crippen LogP) is 5.47. The Bertz CT molecular complexity index is 1230. The lowest BCUT2D eigenvalue weighted by Gasteiger charge is -2.12. The Morgan fingerprint density at radius 1 is 1.10 bits per heavy atom. The van der Waals surface area contributed by atoms with Gasteiger partial charge in [0.1, 0.15) is 0 Å². The average Bonchev–Trinajstić information content (AvgIpc) is 3.30. The molecule has 3 heterocycles. The molecule has 0 bridgehead atoms. The summed E-state index contributed by atoms with van der Waals surface area (Å²) in [5.41, 5.74) is 4.35. The van der Waals surface area contributed by atoms with Crippen molar-refractivity contribution in [2.75, 3.05) is 5.32 Å². The highest BCUT2D eigenvalue weighted by Gasteiger charge is 2.26. The van der Waals surface area contributed by atoms with Crippen molar-refractivity contribution in [3.05, 3.63) is 84.2 Å². The van der Waals surface area contributed by atoms with Crippen LogP contribution in [0.4, 0.5) is 14.5 Å². The number of amides is 1. The van der Waals surface area contributed by atoms with Gasteiger partial charge in [-0.2, -0.15) is 5.10 Å². The number of pyridine rings is 1. The molecule has 6 nitrogen and oxygen atoms in total. The Morgan fingerprint density at radius 3 is 2.68 bits per heavy atom. The Labute approximate surface area is 177 Å². The summed E-state index contributed by atoms with van der Waals surface area (Å²) in [7, 11) is 0. The standard InChI is InChI=1S/C23H18F2N4O2/c1-14-3-4-18(28-22(30)21-10-17(12-27-29-21)23(2,24)25)11-19(14)15-5-7-26-20(9-15)16-6-8-31-13-16/h3-13H,1-2H3,(H,28,30). The lowest BCUT2D eigenvalue weighted by molar-refractivity contribution is 0.0169. The van der Waals surface area contributed by atoms with E-state index in [2.05, 4.69) is 20.5 Å². The lowest BCUT2D eigenvalue weighted by Crippen LogP contribution is -2.17. The molecule has 3 aromatic heterocycles. The number of alkyl halides is 2. The molecule has 1 amide bonds. The Morgan fingerprint density at radius 2 is 1.94 bits per heavy atom. The molecule has 31 heavy (non-hydrogen) atoms. The van der Waals surface area contributed by atoms with E-state index in [9.17, 15) is 13.6 Å². The quantitative estimate of drug-likeness (QED) is 0.463. The first-order chi connectivity index (χ1) is 14.8. The SMILES string of the molecule is Cc1ccc(NC(=O)c2cc(C(C)(F)F)cnn2)cc1-c1ccnc(-c2ccoc2)c1. The number of furan rings is 1. The van der Waals surface area contributed by atoms with Gasteiger partial charge < -0.3 is 9.73 Å². The molecule has 8 heteroatoms. The van der Waals surface area contributed by atoms with Gasteiger partial charge in [0.05, 0.1) is 24.4 Å².